The van der Waals surface area contributed by atoms with E-state index in [9.17, 15) is 0 Å². The molecule has 2 rings (SSSR count). The van der Waals surface area contributed by atoms with Crippen LogP contribution in [0.1, 0.15) is 72.1 Å². The van der Waals surface area contributed by atoms with Gasteiger partial charge in [-0.2, -0.15) is 29.7 Å². The summed E-state index contributed by atoms with van der Waals surface area (Å²) in [6, 6.07) is 0. The molecule has 3 N–H and O–H groups in total. The number of hydrogen-bond donors (Lipinski definition) is 3. The van der Waals surface area contributed by atoms with E-state index in [1.54, 1.807) is 0 Å². The maximum atomic E-state index is 8.07. The van der Waals surface area contributed by atoms with Gasteiger partial charge >= 0.3 is 0 Å². The zero-order chi connectivity index (χ0) is 19.9. The van der Waals surface area contributed by atoms with Gasteiger partial charge in [0.2, 0.25) is 0 Å². The van der Waals surface area contributed by atoms with E-state index < -0.39 is 0 Å². The molecule has 0 radical (unpaired) electrons. The normalized spacial score (nSPS) is 13.0. The first-order valence-corrected chi connectivity index (χ1v) is 10.1. The molecular weight excluding hydrogens is 415 g/mol. The van der Waals surface area contributed by atoms with Gasteiger partial charge in [0.05, 0.1) is 0 Å². The predicted octanol–water partition coefficient (Wildman–Crippen LogP) is 5.30. The summed E-state index contributed by atoms with van der Waals surface area (Å²) < 4.78 is 0. The van der Waals surface area contributed by atoms with E-state index in [-0.39, 0.29) is 26.2 Å². The Morgan fingerprint density at radius 3 is 1.19 bits per heavy atom. The van der Waals surface area contributed by atoms with Gasteiger partial charge in [0.25, 0.3) is 0 Å². The number of allylic oxidation sites excluding steroid dienone is 8. The van der Waals surface area contributed by atoms with Crippen molar-refractivity contribution < 1.29 is 41.5 Å². The Labute approximate surface area is 187 Å². The third-order valence-electron chi connectivity index (χ3n) is 3.51. The third kappa shape index (κ3) is 25.6. The number of hydrogen-bond acceptors (Lipinski definition) is 3. The molecule has 0 heterocycles. The molecule has 0 aromatic carbocycles. The Kier molecular flexibility index (Phi) is 32.2. The van der Waals surface area contributed by atoms with Crippen LogP contribution in [0.4, 0.5) is 0 Å². The summed E-state index contributed by atoms with van der Waals surface area (Å²) in [4.78, 5) is 0. The van der Waals surface area contributed by atoms with Crippen LogP contribution in [-0.2, 0) is 26.2 Å². The summed E-state index contributed by atoms with van der Waals surface area (Å²) in [5.74, 6) is 0. The van der Waals surface area contributed by atoms with Crippen molar-refractivity contribution in [3.05, 3.63) is 54.0 Å². The molecule has 0 fully saturated rings. The molecule has 0 unspecified atom stereocenters. The maximum absolute atomic E-state index is 8.07. The molecule has 0 spiro atoms. The summed E-state index contributed by atoms with van der Waals surface area (Å²) in [6.07, 6.45) is 23.6. The van der Waals surface area contributed by atoms with Gasteiger partial charge in [-0.1, -0.05) is 52.2 Å². The average molecular weight is 457 g/mol. The van der Waals surface area contributed by atoms with E-state index in [4.69, 9.17) is 15.3 Å². The van der Waals surface area contributed by atoms with E-state index in [2.05, 4.69) is 63.6 Å². The predicted molar refractivity (Wildman–Crippen MR) is 114 cm³/mol. The van der Waals surface area contributed by atoms with E-state index >= 15 is 0 Å². The Morgan fingerprint density at radius 2 is 1.04 bits per heavy atom. The first kappa shape index (κ1) is 31.3. The molecule has 0 amide bonds. The molecule has 0 aromatic rings. The maximum Gasteiger partial charge on any atom is 0.0430 e. The summed E-state index contributed by atoms with van der Waals surface area (Å²) in [5.41, 5.74) is 2.86. The molecule has 2 aliphatic carbocycles. The summed E-state index contributed by atoms with van der Waals surface area (Å²) in [7, 11) is 0. The molecule has 3 nitrogen and oxygen atoms in total. The van der Waals surface area contributed by atoms with Gasteiger partial charge in [-0.15, -0.1) is 12.2 Å². The van der Waals surface area contributed by atoms with Crippen molar-refractivity contribution in [3.8, 4) is 0 Å². The van der Waals surface area contributed by atoms with Crippen LogP contribution in [-0.4, -0.2) is 35.1 Å². The zero-order valence-corrected chi connectivity index (χ0v) is 20.1. The van der Waals surface area contributed by atoms with Crippen molar-refractivity contribution in [3.63, 3.8) is 0 Å². The third-order valence-corrected chi connectivity index (χ3v) is 3.51. The number of aliphatic hydroxyl groups is 3. The molecule has 0 bridgehead atoms. The Morgan fingerprint density at radius 1 is 0.704 bits per heavy atom. The Bertz CT molecular complexity index is 350. The fourth-order valence-electron chi connectivity index (χ4n) is 1.85. The molecule has 0 atom stereocenters. The van der Waals surface area contributed by atoms with Gasteiger partial charge < -0.3 is 15.3 Å². The van der Waals surface area contributed by atoms with Gasteiger partial charge in [0, 0.05) is 46.0 Å². The summed E-state index contributed by atoms with van der Waals surface area (Å²) in [5, 5.41) is 24.2. The fraction of sp³-hybridized carbons (Fsp3) is 0.609. The van der Waals surface area contributed by atoms with Gasteiger partial charge in [0.15, 0.2) is 0 Å². The van der Waals surface area contributed by atoms with Crippen molar-refractivity contribution in [2.75, 3.05) is 19.8 Å². The van der Waals surface area contributed by atoms with Gasteiger partial charge in [-0.3, -0.25) is 0 Å². The van der Waals surface area contributed by atoms with Crippen LogP contribution < -0.4 is 0 Å². The quantitative estimate of drug-likeness (QED) is 0.435. The number of rotatable bonds is 8. The van der Waals surface area contributed by atoms with Gasteiger partial charge in [0.1, 0.15) is 0 Å². The SMILES string of the molecule is C1=CCC([CH-]C2=CC=CC2)=C1.CCCCO.CCCCO.CCCCO.[Zr]. The molecule has 0 aliphatic heterocycles. The van der Waals surface area contributed by atoms with Crippen LogP contribution in [0.3, 0.4) is 0 Å². The van der Waals surface area contributed by atoms with Crippen LogP contribution in [0, 0.1) is 6.42 Å². The second kappa shape index (κ2) is 27.8. The molecule has 156 valence electrons. The molecular formula is C23H41O3Zr-. The van der Waals surface area contributed by atoms with Crippen LogP contribution in [0.15, 0.2) is 47.6 Å². The van der Waals surface area contributed by atoms with Crippen LogP contribution in [0.25, 0.3) is 0 Å². The van der Waals surface area contributed by atoms with Crippen LogP contribution in [0.2, 0.25) is 0 Å². The Balaban J connectivity index is -0.000000311. The van der Waals surface area contributed by atoms with Crippen LogP contribution in [0.5, 0.6) is 0 Å². The van der Waals surface area contributed by atoms with Crippen molar-refractivity contribution in [2.45, 2.75) is 72.1 Å². The van der Waals surface area contributed by atoms with E-state index in [0.29, 0.717) is 19.8 Å². The standard InChI is InChI=1S/C11H11.3C4H10O.Zr/c1-2-6-10(5-1)9-11-7-3-4-8-11;3*1-2-3-4-5;/h1-5,7,9H,6,8H2;3*5H,2-4H2,1H3;/q-1;;;;. The minimum Gasteiger partial charge on any atom is -0.396 e. The van der Waals surface area contributed by atoms with Crippen molar-refractivity contribution in [2.24, 2.45) is 0 Å². The van der Waals surface area contributed by atoms with Crippen molar-refractivity contribution in [1.82, 2.24) is 0 Å². The molecule has 4 heteroatoms. The molecule has 0 saturated carbocycles. The zero-order valence-electron chi connectivity index (χ0n) is 17.7. The van der Waals surface area contributed by atoms with Crippen LogP contribution >= 0.6 is 0 Å². The fourth-order valence-corrected chi connectivity index (χ4v) is 1.85. The second-order valence-corrected chi connectivity index (χ2v) is 6.12. The van der Waals surface area contributed by atoms with E-state index in [1.165, 1.54) is 11.1 Å². The minimum atomic E-state index is 0. The first-order chi connectivity index (χ1) is 12.7. The topological polar surface area (TPSA) is 60.7 Å². The second-order valence-electron chi connectivity index (χ2n) is 6.12. The van der Waals surface area contributed by atoms with Gasteiger partial charge in [-0.05, 0) is 32.1 Å². The van der Waals surface area contributed by atoms with Crippen molar-refractivity contribution >= 4 is 0 Å². The molecule has 0 saturated heterocycles. The summed E-state index contributed by atoms with van der Waals surface area (Å²) >= 11 is 0. The number of unbranched alkanes of at least 4 members (excludes halogenated alkanes) is 3. The number of aliphatic hydroxyl groups excluding tert-OH is 3. The molecule has 0 aromatic heterocycles. The monoisotopic (exact) mass is 455 g/mol. The van der Waals surface area contributed by atoms with E-state index in [1.807, 2.05) is 0 Å². The largest absolute Gasteiger partial charge is 0.396 e. The van der Waals surface area contributed by atoms with E-state index in [0.717, 1.165) is 51.4 Å². The minimum absolute atomic E-state index is 0. The summed E-state index contributed by atoms with van der Waals surface area (Å²) in [6.45, 7) is 7.19. The van der Waals surface area contributed by atoms with Gasteiger partial charge in [-0.25, -0.2) is 0 Å². The smallest absolute Gasteiger partial charge is 0.0430 e. The Hall–Kier alpha value is -0.407. The average Bonchev–Trinajstić information content (AvgIpc) is 3.33. The van der Waals surface area contributed by atoms with Crippen molar-refractivity contribution in [1.29, 1.82) is 0 Å². The molecule has 27 heavy (non-hydrogen) atoms. The first-order valence-electron chi connectivity index (χ1n) is 10.1. The molecule has 2 aliphatic rings.